The topological polar surface area (TPSA) is 24.9 Å². The van der Waals surface area contributed by atoms with Crippen LogP contribution in [-0.2, 0) is 16.8 Å². The Balaban J connectivity index is 1.69. The van der Waals surface area contributed by atoms with Crippen molar-refractivity contribution in [2.45, 2.75) is 12.0 Å². The second-order valence-electron chi connectivity index (χ2n) is 7.74. The number of hydrogen-bond acceptors (Lipinski definition) is 4. The first-order valence-electron chi connectivity index (χ1n) is 9.89. The molecule has 3 aromatic carbocycles. The van der Waals surface area contributed by atoms with Gasteiger partial charge in [0, 0.05) is 50.3 Å². The Labute approximate surface area is 173 Å². The molecule has 0 aromatic heterocycles. The summed E-state index contributed by atoms with van der Waals surface area (Å²) in [5.41, 5.74) is 5.64. The Morgan fingerprint density at radius 1 is 0.897 bits per heavy atom. The third-order valence-electron chi connectivity index (χ3n) is 5.82. The predicted octanol–water partition coefficient (Wildman–Crippen LogP) is 5.00. The highest BCUT2D eigenvalue weighted by molar-refractivity contribution is 5.72. The molecule has 0 N–H and O–H groups in total. The maximum Gasteiger partial charge on any atom is 0.119 e. The van der Waals surface area contributed by atoms with Crippen LogP contribution in [0.25, 0.3) is 0 Å². The minimum atomic E-state index is -0.393. The zero-order valence-electron chi connectivity index (χ0n) is 17.6. The van der Waals surface area contributed by atoms with Crippen LogP contribution in [0.3, 0.4) is 0 Å². The summed E-state index contributed by atoms with van der Waals surface area (Å²) >= 11 is 0. The summed E-state index contributed by atoms with van der Waals surface area (Å²) in [5, 5.41) is 0. The van der Waals surface area contributed by atoms with Crippen LogP contribution < -0.4 is 14.5 Å². The Kier molecular flexibility index (Phi) is 5.20. The Bertz CT molecular complexity index is 967. The van der Waals surface area contributed by atoms with Gasteiger partial charge >= 0.3 is 0 Å². The van der Waals surface area contributed by atoms with E-state index < -0.39 is 5.60 Å². The van der Waals surface area contributed by atoms with E-state index in [-0.39, 0.29) is 0 Å². The zero-order valence-corrected chi connectivity index (χ0v) is 17.6. The molecule has 1 aliphatic heterocycles. The van der Waals surface area contributed by atoms with Gasteiger partial charge in [-0.3, -0.25) is 0 Å². The summed E-state index contributed by atoms with van der Waals surface area (Å²) < 4.78 is 11.5. The van der Waals surface area contributed by atoms with Crippen molar-refractivity contribution in [2.24, 2.45) is 0 Å². The fourth-order valence-electron chi connectivity index (χ4n) is 4.15. The van der Waals surface area contributed by atoms with Crippen molar-refractivity contribution < 1.29 is 9.47 Å². The van der Waals surface area contributed by atoms with E-state index in [9.17, 15) is 0 Å². The van der Waals surface area contributed by atoms with Gasteiger partial charge in [0.05, 0.1) is 13.7 Å². The second-order valence-corrected chi connectivity index (χ2v) is 7.74. The third-order valence-corrected chi connectivity index (χ3v) is 5.82. The van der Waals surface area contributed by atoms with Gasteiger partial charge in [0.2, 0.25) is 0 Å². The smallest absolute Gasteiger partial charge is 0.119 e. The summed E-state index contributed by atoms with van der Waals surface area (Å²) in [6.45, 7) is 0.768. The number of rotatable bonds is 6. The molecule has 1 atom stereocenters. The van der Waals surface area contributed by atoms with Crippen LogP contribution >= 0.6 is 0 Å². The van der Waals surface area contributed by atoms with Crippen molar-refractivity contribution in [3.05, 3.63) is 83.9 Å². The van der Waals surface area contributed by atoms with Crippen molar-refractivity contribution in [1.29, 1.82) is 0 Å². The molecule has 0 saturated carbocycles. The number of para-hydroxylation sites is 1. The van der Waals surface area contributed by atoms with Crippen molar-refractivity contribution >= 4 is 17.1 Å². The van der Waals surface area contributed by atoms with Gasteiger partial charge in [-0.05, 0) is 48.0 Å². The van der Waals surface area contributed by atoms with Crippen LogP contribution in [0.2, 0.25) is 0 Å². The highest BCUT2D eigenvalue weighted by Crippen LogP contribution is 2.46. The van der Waals surface area contributed by atoms with Crippen LogP contribution in [0.1, 0.15) is 11.1 Å². The summed E-state index contributed by atoms with van der Waals surface area (Å²) in [7, 11) is 7.64. The van der Waals surface area contributed by atoms with Gasteiger partial charge in [-0.25, -0.2) is 0 Å². The molecule has 4 nitrogen and oxygen atoms in total. The standard InChI is InChI=1S/C25H28N2O2/c1-26(2)20-11-9-19(10-12-20)17-25(29-4)18-27(24-8-6-5-7-23(24)25)21-13-15-22(28-3)16-14-21/h5-16H,17-18H2,1-4H3. The SMILES string of the molecule is COc1ccc(N2CC(Cc3ccc(N(C)C)cc3)(OC)c3ccccc32)cc1. The fourth-order valence-corrected chi connectivity index (χ4v) is 4.15. The van der Waals surface area contributed by atoms with Gasteiger partial charge in [0.25, 0.3) is 0 Å². The Morgan fingerprint density at radius 2 is 1.59 bits per heavy atom. The summed E-state index contributed by atoms with van der Waals surface area (Å²) in [5.74, 6) is 0.861. The van der Waals surface area contributed by atoms with E-state index in [0.717, 1.165) is 24.4 Å². The maximum absolute atomic E-state index is 6.23. The first-order valence-corrected chi connectivity index (χ1v) is 9.89. The Morgan fingerprint density at radius 3 is 2.21 bits per heavy atom. The highest BCUT2D eigenvalue weighted by Gasteiger charge is 2.43. The average Bonchev–Trinajstić information content (AvgIpc) is 3.09. The van der Waals surface area contributed by atoms with Crippen LogP contribution in [0, 0.1) is 0 Å². The van der Waals surface area contributed by atoms with Crippen LogP contribution in [0.15, 0.2) is 72.8 Å². The number of anilines is 3. The highest BCUT2D eigenvalue weighted by atomic mass is 16.5. The largest absolute Gasteiger partial charge is 0.497 e. The lowest BCUT2D eigenvalue weighted by Gasteiger charge is -2.30. The number of nitrogens with zero attached hydrogens (tertiary/aromatic N) is 2. The molecule has 0 fully saturated rings. The summed E-state index contributed by atoms with van der Waals surface area (Å²) in [4.78, 5) is 4.46. The molecule has 1 aliphatic rings. The second kappa shape index (κ2) is 7.80. The molecule has 0 radical (unpaired) electrons. The number of ether oxygens (including phenoxy) is 2. The van der Waals surface area contributed by atoms with Crippen molar-refractivity contribution in [2.75, 3.05) is 44.7 Å². The van der Waals surface area contributed by atoms with Gasteiger partial charge in [-0.1, -0.05) is 30.3 Å². The van der Waals surface area contributed by atoms with Gasteiger partial charge in [0.15, 0.2) is 0 Å². The molecule has 1 unspecified atom stereocenters. The van der Waals surface area contributed by atoms with Gasteiger partial charge < -0.3 is 19.3 Å². The van der Waals surface area contributed by atoms with Crippen molar-refractivity contribution in [3.63, 3.8) is 0 Å². The molecule has 3 aromatic rings. The molecular formula is C25H28N2O2. The van der Waals surface area contributed by atoms with E-state index in [1.165, 1.54) is 22.5 Å². The lowest BCUT2D eigenvalue weighted by Crippen LogP contribution is -2.35. The number of benzene rings is 3. The van der Waals surface area contributed by atoms with E-state index in [4.69, 9.17) is 9.47 Å². The molecule has 0 bridgehead atoms. The molecule has 0 aliphatic carbocycles. The van der Waals surface area contributed by atoms with Crippen LogP contribution in [0.5, 0.6) is 5.75 Å². The molecule has 1 heterocycles. The molecule has 0 spiro atoms. The Hall–Kier alpha value is -2.98. The molecule has 4 rings (SSSR count). The van der Waals surface area contributed by atoms with Gasteiger partial charge in [0.1, 0.15) is 11.4 Å². The number of methoxy groups -OCH3 is 2. The molecule has 0 saturated heterocycles. The van der Waals surface area contributed by atoms with Crippen LogP contribution in [-0.4, -0.2) is 34.9 Å². The van der Waals surface area contributed by atoms with Crippen molar-refractivity contribution in [3.8, 4) is 5.75 Å². The number of fused-ring (bicyclic) bond motifs is 1. The first-order chi connectivity index (χ1) is 14.1. The van der Waals surface area contributed by atoms with E-state index in [1.54, 1.807) is 7.11 Å². The lowest BCUT2D eigenvalue weighted by molar-refractivity contribution is 0.000778. The van der Waals surface area contributed by atoms with E-state index in [0.29, 0.717) is 0 Å². The summed E-state index contributed by atoms with van der Waals surface area (Å²) in [6.07, 6.45) is 0.820. The third kappa shape index (κ3) is 3.56. The summed E-state index contributed by atoms with van der Waals surface area (Å²) in [6, 6.07) is 25.5. The van der Waals surface area contributed by atoms with Gasteiger partial charge in [-0.15, -0.1) is 0 Å². The van der Waals surface area contributed by atoms with Crippen LogP contribution in [0.4, 0.5) is 17.1 Å². The molecule has 0 amide bonds. The normalized spacial score (nSPS) is 17.9. The zero-order chi connectivity index (χ0) is 20.4. The average molecular weight is 389 g/mol. The molecular weight excluding hydrogens is 360 g/mol. The van der Waals surface area contributed by atoms with E-state index in [1.807, 2.05) is 19.2 Å². The van der Waals surface area contributed by atoms with Gasteiger partial charge in [-0.2, -0.15) is 0 Å². The monoisotopic (exact) mass is 388 g/mol. The molecule has 4 heteroatoms. The molecule has 29 heavy (non-hydrogen) atoms. The van der Waals surface area contributed by atoms with E-state index >= 15 is 0 Å². The van der Waals surface area contributed by atoms with E-state index in [2.05, 4.69) is 84.6 Å². The first kappa shape index (κ1) is 19.3. The minimum Gasteiger partial charge on any atom is -0.497 e. The fraction of sp³-hybridized carbons (Fsp3) is 0.280. The molecule has 150 valence electrons. The number of hydrogen-bond donors (Lipinski definition) is 0. The quantitative estimate of drug-likeness (QED) is 0.593. The predicted molar refractivity (Wildman–Crippen MR) is 120 cm³/mol. The maximum atomic E-state index is 6.23. The lowest BCUT2D eigenvalue weighted by atomic mass is 9.88. The van der Waals surface area contributed by atoms with Crippen molar-refractivity contribution in [1.82, 2.24) is 0 Å². The minimum absolute atomic E-state index is 0.393.